The van der Waals surface area contributed by atoms with Gasteiger partial charge in [-0.25, -0.2) is 4.79 Å². The maximum absolute atomic E-state index is 11.9. The standard InChI is InChI=1S/C14H17NO3/c1-2-11-8-12(16)15(13(11)14(17)18)9-10-6-4-3-5-7-10/h3-7,11,13H,2,8-9H2,1H3,(H,17,18). The fourth-order valence-electron chi connectivity index (χ4n) is 2.53. The van der Waals surface area contributed by atoms with Crippen molar-refractivity contribution in [2.24, 2.45) is 5.92 Å². The fourth-order valence-corrected chi connectivity index (χ4v) is 2.53. The number of hydrogen-bond acceptors (Lipinski definition) is 2. The Bertz CT molecular complexity index is 444. The van der Waals surface area contributed by atoms with Crippen LogP contribution in [-0.4, -0.2) is 27.9 Å². The van der Waals surface area contributed by atoms with E-state index >= 15 is 0 Å². The lowest BCUT2D eigenvalue weighted by molar-refractivity contribution is -0.147. The molecule has 0 radical (unpaired) electrons. The zero-order valence-corrected chi connectivity index (χ0v) is 10.4. The average molecular weight is 247 g/mol. The summed E-state index contributed by atoms with van der Waals surface area (Å²) < 4.78 is 0. The van der Waals surface area contributed by atoms with E-state index in [4.69, 9.17) is 0 Å². The fraction of sp³-hybridized carbons (Fsp3) is 0.429. The molecule has 1 heterocycles. The summed E-state index contributed by atoms with van der Waals surface area (Å²) in [6.45, 7) is 2.31. The van der Waals surface area contributed by atoms with E-state index in [0.29, 0.717) is 19.4 Å². The molecule has 0 spiro atoms. The van der Waals surface area contributed by atoms with Crippen molar-refractivity contribution in [3.63, 3.8) is 0 Å². The Morgan fingerprint density at radius 1 is 1.39 bits per heavy atom. The number of carbonyl (C=O) groups excluding carboxylic acids is 1. The molecule has 1 fully saturated rings. The van der Waals surface area contributed by atoms with E-state index in [-0.39, 0.29) is 11.8 Å². The van der Waals surface area contributed by atoms with Gasteiger partial charge in [0, 0.05) is 13.0 Å². The predicted molar refractivity (Wildman–Crippen MR) is 66.8 cm³/mol. The minimum absolute atomic E-state index is 0.0573. The van der Waals surface area contributed by atoms with Gasteiger partial charge in [-0.15, -0.1) is 0 Å². The van der Waals surface area contributed by atoms with Gasteiger partial charge in [-0.1, -0.05) is 43.7 Å². The monoisotopic (exact) mass is 247 g/mol. The number of hydrogen-bond donors (Lipinski definition) is 1. The lowest BCUT2D eigenvalue weighted by Crippen LogP contribution is -2.40. The Labute approximate surface area is 106 Å². The van der Waals surface area contributed by atoms with Gasteiger partial charge in [-0.2, -0.15) is 0 Å². The first-order chi connectivity index (χ1) is 8.63. The molecule has 0 saturated carbocycles. The molecular formula is C14H17NO3. The predicted octanol–water partition coefficient (Wildman–Crippen LogP) is 1.90. The van der Waals surface area contributed by atoms with E-state index in [1.54, 1.807) is 0 Å². The van der Waals surface area contributed by atoms with Crippen LogP contribution in [0.1, 0.15) is 25.3 Å². The topological polar surface area (TPSA) is 57.6 Å². The van der Waals surface area contributed by atoms with Crippen LogP contribution in [0.2, 0.25) is 0 Å². The molecule has 1 aliphatic rings. The lowest BCUT2D eigenvalue weighted by atomic mass is 9.97. The van der Waals surface area contributed by atoms with E-state index < -0.39 is 12.0 Å². The maximum Gasteiger partial charge on any atom is 0.326 e. The Balaban J connectivity index is 2.19. The number of aliphatic carboxylic acids is 1. The minimum Gasteiger partial charge on any atom is -0.480 e. The van der Waals surface area contributed by atoms with Crippen LogP contribution < -0.4 is 0 Å². The largest absolute Gasteiger partial charge is 0.480 e. The van der Waals surface area contributed by atoms with Crippen LogP contribution in [0.15, 0.2) is 30.3 Å². The van der Waals surface area contributed by atoms with E-state index in [2.05, 4.69) is 0 Å². The van der Waals surface area contributed by atoms with Gasteiger partial charge >= 0.3 is 5.97 Å². The van der Waals surface area contributed by atoms with Gasteiger partial charge in [0.25, 0.3) is 0 Å². The highest BCUT2D eigenvalue weighted by molar-refractivity contribution is 5.88. The van der Waals surface area contributed by atoms with Crippen molar-refractivity contribution in [3.8, 4) is 0 Å². The van der Waals surface area contributed by atoms with Gasteiger partial charge in [0.1, 0.15) is 6.04 Å². The molecule has 0 bridgehead atoms. The second-order valence-electron chi connectivity index (χ2n) is 4.66. The quantitative estimate of drug-likeness (QED) is 0.884. The third-order valence-corrected chi connectivity index (χ3v) is 3.51. The van der Waals surface area contributed by atoms with Crippen LogP contribution in [-0.2, 0) is 16.1 Å². The zero-order chi connectivity index (χ0) is 13.1. The highest BCUT2D eigenvalue weighted by Gasteiger charge is 2.42. The summed E-state index contributed by atoms with van der Waals surface area (Å²) in [6, 6.07) is 8.82. The van der Waals surface area contributed by atoms with Gasteiger partial charge < -0.3 is 10.0 Å². The van der Waals surface area contributed by atoms with Crippen molar-refractivity contribution in [1.82, 2.24) is 4.90 Å². The molecule has 1 amide bonds. The van der Waals surface area contributed by atoms with Gasteiger partial charge in [-0.3, -0.25) is 4.79 Å². The number of carboxylic acid groups (broad SMARTS) is 1. The Morgan fingerprint density at radius 3 is 2.61 bits per heavy atom. The van der Waals surface area contributed by atoms with Crippen molar-refractivity contribution >= 4 is 11.9 Å². The minimum atomic E-state index is -0.899. The van der Waals surface area contributed by atoms with Crippen LogP contribution in [0.5, 0.6) is 0 Å². The molecule has 1 aliphatic heterocycles. The van der Waals surface area contributed by atoms with E-state index in [0.717, 1.165) is 5.56 Å². The van der Waals surface area contributed by atoms with E-state index in [1.807, 2.05) is 37.3 Å². The molecule has 1 aromatic carbocycles. The number of carbonyl (C=O) groups is 2. The first-order valence-corrected chi connectivity index (χ1v) is 6.19. The summed E-state index contributed by atoms with van der Waals surface area (Å²) in [6.07, 6.45) is 1.06. The summed E-state index contributed by atoms with van der Waals surface area (Å²) in [5.41, 5.74) is 0.967. The van der Waals surface area contributed by atoms with Gasteiger partial charge in [0.2, 0.25) is 5.91 Å². The number of amides is 1. The molecular weight excluding hydrogens is 230 g/mol. The highest BCUT2D eigenvalue weighted by atomic mass is 16.4. The van der Waals surface area contributed by atoms with Crippen LogP contribution in [0, 0.1) is 5.92 Å². The third kappa shape index (κ3) is 2.37. The molecule has 0 aromatic heterocycles. The molecule has 4 heteroatoms. The molecule has 18 heavy (non-hydrogen) atoms. The Morgan fingerprint density at radius 2 is 2.06 bits per heavy atom. The summed E-state index contributed by atoms with van der Waals surface area (Å²) in [5.74, 6) is -1.03. The normalized spacial score (nSPS) is 23.4. The van der Waals surface area contributed by atoms with Crippen molar-refractivity contribution in [3.05, 3.63) is 35.9 Å². The van der Waals surface area contributed by atoms with Gasteiger partial charge in [0.15, 0.2) is 0 Å². The van der Waals surface area contributed by atoms with Crippen LogP contribution in [0.25, 0.3) is 0 Å². The van der Waals surface area contributed by atoms with Gasteiger partial charge in [-0.05, 0) is 11.5 Å². The Hall–Kier alpha value is -1.84. The Kier molecular flexibility index (Phi) is 3.65. The number of carboxylic acids is 1. The zero-order valence-electron chi connectivity index (χ0n) is 10.4. The lowest BCUT2D eigenvalue weighted by Gasteiger charge is -2.24. The molecule has 0 aliphatic carbocycles. The summed E-state index contributed by atoms with van der Waals surface area (Å²) in [5, 5.41) is 9.29. The third-order valence-electron chi connectivity index (χ3n) is 3.51. The van der Waals surface area contributed by atoms with Gasteiger partial charge in [0.05, 0.1) is 0 Å². The van der Waals surface area contributed by atoms with Crippen molar-refractivity contribution in [2.75, 3.05) is 0 Å². The molecule has 1 aromatic rings. The number of likely N-dealkylation sites (tertiary alicyclic amines) is 1. The van der Waals surface area contributed by atoms with Crippen LogP contribution in [0.3, 0.4) is 0 Å². The molecule has 1 saturated heterocycles. The molecule has 1 N–H and O–H groups in total. The highest BCUT2D eigenvalue weighted by Crippen LogP contribution is 2.29. The summed E-state index contributed by atoms with van der Waals surface area (Å²) in [4.78, 5) is 24.7. The molecule has 2 rings (SSSR count). The average Bonchev–Trinajstić information content (AvgIpc) is 2.67. The number of rotatable bonds is 4. The second-order valence-corrected chi connectivity index (χ2v) is 4.66. The van der Waals surface area contributed by atoms with Crippen molar-refractivity contribution < 1.29 is 14.7 Å². The maximum atomic E-state index is 11.9. The second kappa shape index (κ2) is 5.21. The van der Waals surface area contributed by atoms with Crippen LogP contribution in [0.4, 0.5) is 0 Å². The van der Waals surface area contributed by atoms with E-state index in [9.17, 15) is 14.7 Å². The van der Waals surface area contributed by atoms with E-state index in [1.165, 1.54) is 4.90 Å². The summed E-state index contributed by atoms with van der Waals surface area (Å²) >= 11 is 0. The summed E-state index contributed by atoms with van der Waals surface area (Å²) in [7, 11) is 0. The molecule has 2 unspecified atom stereocenters. The van der Waals surface area contributed by atoms with Crippen molar-refractivity contribution in [2.45, 2.75) is 32.4 Å². The first kappa shape index (κ1) is 12.6. The molecule has 96 valence electrons. The smallest absolute Gasteiger partial charge is 0.326 e. The van der Waals surface area contributed by atoms with Crippen LogP contribution >= 0.6 is 0 Å². The SMILES string of the molecule is CCC1CC(=O)N(Cc2ccccc2)C1C(=O)O. The number of benzene rings is 1. The molecule has 2 atom stereocenters. The van der Waals surface area contributed by atoms with Crippen molar-refractivity contribution in [1.29, 1.82) is 0 Å². The first-order valence-electron chi connectivity index (χ1n) is 6.19. The number of nitrogens with zero attached hydrogens (tertiary/aromatic N) is 1. The molecule has 4 nitrogen and oxygen atoms in total.